The standard InChI is InChI=1S/C26H31N7O3/c1-16-10-18(6-7-19(16)12-27-24(34)23-30-25(36-31-23)26(3,4)5)22-21-11-20(13-33(21)29-15-28-22)32-8-9-35-14-17(32)2/h6-7,10-11,13,15,17H,8-9,12,14H2,1-5H3,(H,27,34). The number of carbonyl (C=O) groups is 1. The Kier molecular flexibility index (Phi) is 6.21. The SMILES string of the molecule is Cc1cc(-c2ncnn3cc(N4CCOCC4C)cc23)ccc1CNC(=O)c1noc(C(C)(C)C)n1. The molecule has 0 bridgehead atoms. The number of carbonyl (C=O) groups excluding carboxylic acids is 1. The van der Waals surface area contributed by atoms with Gasteiger partial charge in [0.25, 0.3) is 11.7 Å². The van der Waals surface area contributed by atoms with Gasteiger partial charge in [-0.1, -0.05) is 38.1 Å². The quantitative estimate of drug-likeness (QED) is 0.453. The molecule has 5 rings (SSSR count). The molecule has 1 unspecified atom stereocenters. The summed E-state index contributed by atoms with van der Waals surface area (Å²) in [5.74, 6) is 0.102. The van der Waals surface area contributed by atoms with E-state index in [-0.39, 0.29) is 17.1 Å². The van der Waals surface area contributed by atoms with Crippen LogP contribution >= 0.6 is 0 Å². The van der Waals surface area contributed by atoms with Crippen molar-refractivity contribution in [3.8, 4) is 11.3 Å². The van der Waals surface area contributed by atoms with Crippen LogP contribution in [0, 0.1) is 6.92 Å². The van der Waals surface area contributed by atoms with Crippen molar-refractivity contribution in [2.24, 2.45) is 0 Å². The molecule has 0 saturated carbocycles. The van der Waals surface area contributed by atoms with E-state index in [1.54, 1.807) is 6.33 Å². The number of ether oxygens (including phenoxy) is 1. The Balaban J connectivity index is 1.34. The number of morpholine rings is 1. The smallest absolute Gasteiger partial charge is 0.292 e. The van der Waals surface area contributed by atoms with E-state index in [9.17, 15) is 4.79 Å². The minimum atomic E-state index is -0.367. The predicted molar refractivity (Wildman–Crippen MR) is 135 cm³/mol. The second-order valence-corrected chi connectivity index (χ2v) is 10.3. The van der Waals surface area contributed by atoms with Crippen molar-refractivity contribution in [2.45, 2.75) is 52.6 Å². The Labute approximate surface area is 209 Å². The summed E-state index contributed by atoms with van der Waals surface area (Å²) in [6.07, 6.45) is 3.62. The molecule has 4 aromatic rings. The Morgan fingerprint density at radius 2 is 2.08 bits per heavy atom. The summed E-state index contributed by atoms with van der Waals surface area (Å²) in [6, 6.07) is 8.55. The van der Waals surface area contributed by atoms with Crippen molar-refractivity contribution in [3.05, 3.63) is 59.6 Å². The molecule has 36 heavy (non-hydrogen) atoms. The molecule has 10 heteroatoms. The first kappa shape index (κ1) is 23.9. The van der Waals surface area contributed by atoms with Gasteiger partial charge in [-0.05, 0) is 37.1 Å². The maximum absolute atomic E-state index is 12.5. The number of hydrogen-bond acceptors (Lipinski definition) is 8. The normalized spacial score (nSPS) is 16.5. The lowest BCUT2D eigenvalue weighted by molar-refractivity contribution is 0.0937. The van der Waals surface area contributed by atoms with E-state index in [0.717, 1.165) is 46.7 Å². The Morgan fingerprint density at radius 3 is 2.81 bits per heavy atom. The highest BCUT2D eigenvalue weighted by atomic mass is 16.5. The number of fused-ring (bicyclic) bond motifs is 1. The maximum atomic E-state index is 12.5. The highest BCUT2D eigenvalue weighted by Crippen LogP contribution is 2.29. The van der Waals surface area contributed by atoms with E-state index in [1.807, 2.05) is 50.5 Å². The summed E-state index contributed by atoms with van der Waals surface area (Å²) in [5.41, 5.74) is 5.63. The van der Waals surface area contributed by atoms with Gasteiger partial charge in [0.05, 0.1) is 36.3 Å². The minimum Gasteiger partial charge on any atom is -0.377 e. The Hall–Kier alpha value is -3.79. The topological polar surface area (TPSA) is 111 Å². The van der Waals surface area contributed by atoms with Crippen molar-refractivity contribution in [3.63, 3.8) is 0 Å². The third-order valence-corrected chi connectivity index (χ3v) is 6.42. The molecular formula is C26H31N7O3. The van der Waals surface area contributed by atoms with Gasteiger partial charge >= 0.3 is 0 Å². The maximum Gasteiger partial charge on any atom is 0.292 e. The summed E-state index contributed by atoms with van der Waals surface area (Å²) in [6.45, 7) is 12.7. The van der Waals surface area contributed by atoms with Gasteiger partial charge in [0, 0.05) is 30.1 Å². The third-order valence-electron chi connectivity index (χ3n) is 6.42. The van der Waals surface area contributed by atoms with Crippen LogP contribution in [-0.2, 0) is 16.7 Å². The van der Waals surface area contributed by atoms with Gasteiger partial charge in [0.1, 0.15) is 6.33 Å². The Morgan fingerprint density at radius 1 is 1.25 bits per heavy atom. The molecule has 1 aromatic carbocycles. The van der Waals surface area contributed by atoms with Crippen molar-refractivity contribution in [1.29, 1.82) is 0 Å². The summed E-state index contributed by atoms with van der Waals surface area (Å²) in [4.78, 5) is 23.7. The number of nitrogens with one attached hydrogen (secondary N) is 1. The fraction of sp³-hybridized carbons (Fsp3) is 0.423. The number of rotatable bonds is 5. The van der Waals surface area contributed by atoms with Crippen molar-refractivity contribution in [2.75, 3.05) is 24.7 Å². The molecule has 0 radical (unpaired) electrons. The van der Waals surface area contributed by atoms with Gasteiger partial charge in [-0.2, -0.15) is 10.1 Å². The van der Waals surface area contributed by atoms with Crippen LogP contribution in [0.2, 0.25) is 0 Å². The van der Waals surface area contributed by atoms with E-state index in [4.69, 9.17) is 9.26 Å². The predicted octanol–water partition coefficient (Wildman–Crippen LogP) is 3.54. The first-order valence-electron chi connectivity index (χ1n) is 12.1. The monoisotopic (exact) mass is 489 g/mol. The Bertz CT molecular complexity index is 1400. The van der Waals surface area contributed by atoms with Gasteiger partial charge < -0.3 is 19.5 Å². The lowest BCUT2D eigenvalue weighted by atomic mass is 9.97. The largest absolute Gasteiger partial charge is 0.377 e. The number of aryl methyl sites for hydroxylation is 1. The summed E-state index contributed by atoms with van der Waals surface area (Å²) in [7, 11) is 0. The lowest BCUT2D eigenvalue weighted by Crippen LogP contribution is -2.43. The fourth-order valence-corrected chi connectivity index (χ4v) is 4.32. The van der Waals surface area contributed by atoms with Crippen LogP contribution < -0.4 is 10.2 Å². The van der Waals surface area contributed by atoms with Gasteiger partial charge in [-0.3, -0.25) is 4.79 Å². The van der Waals surface area contributed by atoms with Crippen LogP contribution in [0.25, 0.3) is 16.8 Å². The molecule has 1 aliphatic heterocycles. The van der Waals surface area contributed by atoms with Crippen LogP contribution in [0.4, 0.5) is 5.69 Å². The van der Waals surface area contributed by atoms with Crippen molar-refractivity contribution in [1.82, 2.24) is 30.1 Å². The molecule has 1 saturated heterocycles. The molecule has 188 valence electrons. The molecule has 10 nitrogen and oxygen atoms in total. The number of nitrogens with zero attached hydrogens (tertiary/aromatic N) is 6. The highest BCUT2D eigenvalue weighted by Gasteiger charge is 2.24. The third kappa shape index (κ3) is 4.68. The molecule has 1 N–H and O–H groups in total. The number of amides is 1. The van der Waals surface area contributed by atoms with E-state index >= 15 is 0 Å². The van der Waals surface area contributed by atoms with Crippen LogP contribution in [-0.4, -0.2) is 56.4 Å². The molecule has 4 heterocycles. The van der Waals surface area contributed by atoms with Crippen molar-refractivity contribution < 1.29 is 14.1 Å². The fourth-order valence-electron chi connectivity index (χ4n) is 4.32. The van der Waals surface area contributed by atoms with Crippen LogP contribution in [0.5, 0.6) is 0 Å². The molecule has 3 aromatic heterocycles. The molecule has 1 amide bonds. The van der Waals surface area contributed by atoms with Crippen LogP contribution in [0.15, 0.2) is 41.3 Å². The second kappa shape index (κ2) is 9.34. The number of benzene rings is 1. The van der Waals surface area contributed by atoms with Gasteiger partial charge in [0.2, 0.25) is 5.89 Å². The number of hydrogen-bond donors (Lipinski definition) is 1. The molecule has 1 fully saturated rings. The van der Waals surface area contributed by atoms with Gasteiger partial charge in [-0.25, -0.2) is 9.50 Å². The van der Waals surface area contributed by atoms with Crippen LogP contribution in [0.1, 0.15) is 55.3 Å². The number of aromatic nitrogens is 5. The zero-order valence-electron chi connectivity index (χ0n) is 21.3. The molecular weight excluding hydrogens is 458 g/mol. The molecule has 0 aliphatic carbocycles. The average Bonchev–Trinajstić information content (AvgIpc) is 3.51. The van der Waals surface area contributed by atoms with E-state index in [2.05, 4.69) is 49.5 Å². The van der Waals surface area contributed by atoms with E-state index in [1.165, 1.54) is 0 Å². The zero-order valence-corrected chi connectivity index (χ0v) is 21.3. The van der Waals surface area contributed by atoms with Gasteiger partial charge in [-0.15, -0.1) is 0 Å². The lowest BCUT2D eigenvalue weighted by Gasteiger charge is -2.34. The molecule has 0 spiro atoms. The van der Waals surface area contributed by atoms with Gasteiger partial charge in [0.15, 0.2) is 0 Å². The highest BCUT2D eigenvalue weighted by molar-refractivity contribution is 5.90. The van der Waals surface area contributed by atoms with Crippen LogP contribution in [0.3, 0.4) is 0 Å². The molecule has 1 aliphatic rings. The molecule has 1 atom stereocenters. The first-order chi connectivity index (χ1) is 17.2. The summed E-state index contributed by atoms with van der Waals surface area (Å²) in [5, 5.41) is 11.1. The second-order valence-electron chi connectivity index (χ2n) is 10.3. The first-order valence-corrected chi connectivity index (χ1v) is 12.1. The van der Waals surface area contributed by atoms with E-state index in [0.29, 0.717) is 25.1 Å². The summed E-state index contributed by atoms with van der Waals surface area (Å²) < 4.78 is 12.7. The zero-order chi connectivity index (χ0) is 25.4. The van der Waals surface area contributed by atoms with Crippen molar-refractivity contribution >= 4 is 17.1 Å². The summed E-state index contributed by atoms with van der Waals surface area (Å²) >= 11 is 0. The van der Waals surface area contributed by atoms with E-state index < -0.39 is 0 Å². The number of anilines is 1. The minimum absolute atomic E-state index is 0.0381. The average molecular weight is 490 g/mol.